The van der Waals surface area contributed by atoms with Crippen molar-refractivity contribution in [2.24, 2.45) is 0 Å². The van der Waals surface area contributed by atoms with Gasteiger partial charge in [0.05, 0.1) is 23.3 Å². The first-order valence-electron chi connectivity index (χ1n) is 11.5. The van der Waals surface area contributed by atoms with Crippen LogP contribution in [0.5, 0.6) is 5.75 Å². The standard InChI is InChI=1S/C25H28N4O3/c30-23(14-15-24(31)28-16-17-32-22-13-7-6-12-21(22)28)27-25-26-19-10-4-5-11-20(19)29(25)18-8-2-1-3-9-18/h4-7,10-13,18H,1-3,8-9,14-17H2,(H,26,27,30). The molecule has 3 aromatic rings. The lowest BCUT2D eigenvalue weighted by Crippen LogP contribution is -2.38. The van der Waals surface area contributed by atoms with Crippen LogP contribution in [-0.4, -0.2) is 34.5 Å². The number of hydrogen-bond donors (Lipinski definition) is 1. The van der Waals surface area contributed by atoms with E-state index < -0.39 is 0 Å². The number of fused-ring (bicyclic) bond motifs is 2. The summed E-state index contributed by atoms with van der Waals surface area (Å²) in [5, 5.41) is 2.99. The third-order valence-corrected chi connectivity index (χ3v) is 6.38. The minimum Gasteiger partial charge on any atom is -0.490 e. The number of aromatic nitrogens is 2. The Kier molecular flexibility index (Phi) is 5.79. The average molecular weight is 433 g/mol. The molecule has 0 spiro atoms. The van der Waals surface area contributed by atoms with E-state index in [-0.39, 0.29) is 24.7 Å². The predicted octanol–water partition coefficient (Wildman–Crippen LogP) is 4.69. The maximum Gasteiger partial charge on any atom is 0.227 e. The monoisotopic (exact) mass is 432 g/mol. The van der Waals surface area contributed by atoms with Gasteiger partial charge in [0.2, 0.25) is 17.8 Å². The third kappa shape index (κ3) is 4.07. The second kappa shape index (κ2) is 9.02. The first-order chi connectivity index (χ1) is 15.7. The van der Waals surface area contributed by atoms with Crippen LogP contribution >= 0.6 is 0 Å². The molecular weight excluding hydrogens is 404 g/mol. The Hall–Kier alpha value is -3.35. The number of carbonyl (C=O) groups is 2. The van der Waals surface area contributed by atoms with Crippen LogP contribution in [0.3, 0.4) is 0 Å². The van der Waals surface area contributed by atoms with Crippen LogP contribution in [-0.2, 0) is 9.59 Å². The predicted molar refractivity (Wildman–Crippen MR) is 124 cm³/mol. The highest BCUT2D eigenvalue weighted by Gasteiger charge is 2.25. The van der Waals surface area contributed by atoms with Crippen molar-refractivity contribution >= 4 is 34.5 Å². The first kappa shape index (κ1) is 20.5. The number of hydrogen-bond acceptors (Lipinski definition) is 4. The molecule has 1 aliphatic heterocycles. The molecule has 1 fully saturated rings. The van der Waals surface area contributed by atoms with Crippen molar-refractivity contribution in [1.82, 2.24) is 9.55 Å². The maximum atomic E-state index is 12.8. The number of rotatable bonds is 5. The minimum atomic E-state index is -0.188. The Bertz CT molecular complexity index is 1130. The molecule has 0 bridgehead atoms. The topological polar surface area (TPSA) is 76.5 Å². The number of anilines is 2. The van der Waals surface area contributed by atoms with E-state index in [0.29, 0.717) is 30.9 Å². The largest absolute Gasteiger partial charge is 0.490 e. The summed E-state index contributed by atoms with van der Waals surface area (Å²) in [5.41, 5.74) is 2.70. The van der Waals surface area contributed by atoms with E-state index in [9.17, 15) is 9.59 Å². The summed E-state index contributed by atoms with van der Waals surface area (Å²) in [7, 11) is 0. The molecule has 1 saturated carbocycles. The Morgan fingerprint density at radius 2 is 1.78 bits per heavy atom. The highest BCUT2D eigenvalue weighted by molar-refractivity contribution is 5.99. The quantitative estimate of drug-likeness (QED) is 0.635. The summed E-state index contributed by atoms with van der Waals surface area (Å²) in [6, 6.07) is 15.9. The molecule has 166 valence electrons. The lowest BCUT2D eigenvalue weighted by molar-refractivity contribution is -0.122. The Balaban J connectivity index is 1.28. The van der Waals surface area contributed by atoms with Crippen LogP contribution in [0, 0.1) is 0 Å². The van der Waals surface area contributed by atoms with E-state index in [2.05, 4.69) is 16.0 Å². The van der Waals surface area contributed by atoms with Crippen molar-refractivity contribution in [3.05, 3.63) is 48.5 Å². The maximum absolute atomic E-state index is 12.8. The molecule has 0 atom stereocenters. The van der Waals surface area contributed by atoms with Crippen molar-refractivity contribution in [3.8, 4) is 5.75 Å². The van der Waals surface area contributed by atoms with Gasteiger partial charge in [-0.1, -0.05) is 43.5 Å². The van der Waals surface area contributed by atoms with Gasteiger partial charge in [0.25, 0.3) is 0 Å². The molecule has 1 aromatic heterocycles. The zero-order chi connectivity index (χ0) is 21.9. The number of carbonyl (C=O) groups excluding carboxylic acids is 2. The highest BCUT2D eigenvalue weighted by Crippen LogP contribution is 2.34. The van der Waals surface area contributed by atoms with Gasteiger partial charge in [-0.05, 0) is 37.1 Å². The molecule has 1 N–H and O–H groups in total. The molecule has 0 radical (unpaired) electrons. The molecule has 2 heterocycles. The molecule has 7 nitrogen and oxygen atoms in total. The highest BCUT2D eigenvalue weighted by atomic mass is 16.5. The summed E-state index contributed by atoms with van der Waals surface area (Å²) in [6.45, 7) is 0.954. The number of benzene rings is 2. The van der Waals surface area contributed by atoms with Crippen LogP contribution in [0.25, 0.3) is 11.0 Å². The second-order valence-electron chi connectivity index (χ2n) is 8.50. The van der Waals surface area contributed by atoms with Crippen LogP contribution < -0.4 is 15.0 Å². The number of imidazole rings is 1. The van der Waals surface area contributed by atoms with Gasteiger partial charge in [-0.3, -0.25) is 14.9 Å². The SMILES string of the molecule is O=C(CCC(=O)N1CCOc2ccccc21)Nc1nc2ccccc2n1C1CCCCC1. The lowest BCUT2D eigenvalue weighted by Gasteiger charge is -2.29. The Morgan fingerprint density at radius 3 is 2.66 bits per heavy atom. The zero-order valence-corrected chi connectivity index (χ0v) is 18.1. The van der Waals surface area contributed by atoms with Gasteiger partial charge in [0.1, 0.15) is 12.4 Å². The van der Waals surface area contributed by atoms with Crippen molar-refractivity contribution < 1.29 is 14.3 Å². The summed E-state index contributed by atoms with van der Waals surface area (Å²) >= 11 is 0. The first-order valence-corrected chi connectivity index (χ1v) is 11.5. The molecule has 0 saturated heterocycles. The molecule has 7 heteroatoms. The Labute approximate surface area is 187 Å². The fourth-order valence-corrected chi connectivity index (χ4v) is 4.81. The molecule has 1 aliphatic carbocycles. The van der Waals surface area contributed by atoms with Gasteiger partial charge in [0.15, 0.2) is 0 Å². The van der Waals surface area contributed by atoms with Crippen molar-refractivity contribution in [2.45, 2.75) is 51.0 Å². The number of amides is 2. The fourth-order valence-electron chi connectivity index (χ4n) is 4.81. The van der Waals surface area contributed by atoms with Gasteiger partial charge >= 0.3 is 0 Å². The second-order valence-corrected chi connectivity index (χ2v) is 8.50. The van der Waals surface area contributed by atoms with Gasteiger partial charge < -0.3 is 14.2 Å². The van der Waals surface area contributed by atoms with Gasteiger partial charge in [-0.2, -0.15) is 0 Å². The average Bonchev–Trinajstić information content (AvgIpc) is 3.20. The summed E-state index contributed by atoms with van der Waals surface area (Å²) in [5.74, 6) is 1.04. The molecule has 32 heavy (non-hydrogen) atoms. The van der Waals surface area contributed by atoms with E-state index in [1.54, 1.807) is 4.90 Å². The normalized spacial score (nSPS) is 16.4. The summed E-state index contributed by atoms with van der Waals surface area (Å²) in [4.78, 5) is 32.0. The summed E-state index contributed by atoms with van der Waals surface area (Å²) in [6.07, 6.45) is 6.10. The molecule has 2 aromatic carbocycles. The van der Waals surface area contributed by atoms with E-state index in [0.717, 1.165) is 29.6 Å². The van der Waals surface area contributed by atoms with E-state index in [1.807, 2.05) is 42.5 Å². The Morgan fingerprint density at radius 1 is 1.00 bits per heavy atom. The fraction of sp³-hybridized carbons (Fsp3) is 0.400. The molecule has 5 rings (SSSR count). The summed E-state index contributed by atoms with van der Waals surface area (Å²) < 4.78 is 7.81. The van der Waals surface area contributed by atoms with Crippen molar-refractivity contribution in [3.63, 3.8) is 0 Å². The third-order valence-electron chi connectivity index (χ3n) is 6.38. The van der Waals surface area contributed by atoms with Crippen molar-refractivity contribution in [2.75, 3.05) is 23.4 Å². The van der Waals surface area contributed by atoms with Crippen LogP contribution in [0.1, 0.15) is 51.0 Å². The number of nitrogens with zero attached hydrogens (tertiary/aromatic N) is 3. The van der Waals surface area contributed by atoms with E-state index in [4.69, 9.17) is 9.72 Å². The molecule has 2 amide bonds. The zero-order valence-electron chi connectivity index (χ0n) is 18.1. The van der Waals surface area contributed by atoms with E-state index >= 15 is 0 Å². The number of ether oxygens (including phenoxy) is 1. The van der Waals surface area contributed by atoms with Crippen LogP contribution in [0.2, 0.25) is 0 Å². The number of para-hydroxylation sites is 4. The molecular formula is C25H28N4O3. The minimum absolute atomic E-state index is 0.0725. The van der Waals surface area contributed by atoms with Gasteiger partial charge in [-0.15, -0.1) is 0 Å². The van der Waals surface area contributed by atoms with E-state index in [1.165, 1.54) is 19.3 Å². The number of nitrogens with one attached hydrogen (secondary N) is 1. The van der Waals surface area contributed by atoms with Crippen molar-refractivity contribution in [1.29, 1.82) is 0 Å². The van der Waals surface area contributed by atoms with Crippen LogP contribution in [0.15, 0.2) is 48.5 Å². The van der Waals surface area contributed by atoms with Crippen LogP contribution in [0.4, 0.5) is 11.6 Å². The van der Waals surface area contributed by atoms with Gasteiger partial charge in [0, 0.05) is 18.9 Å². The smallest absolute Gasteiger partial charge is 0.227 e. The lowest BCUT2D eigenvalue weighted by atomic mass is 9.95. The van der Waals surface area contributed by atoms with Gasteiger partial charge in [-0.25, -0.2) is 4.98 Å². The molecule has 0 unspecified atom stereocenters. The molecule has 2 aliphatic rings.